The van der Waals surface area contributed by atoms with Crippen molar-refractivity contribution in [2.24, 2.45) is 5.92 Å². The number of amides is 1. The third-order valence-electron chi connectivity index (χ3n) is 5.69. The van der Waals surface area contributed by atoms with Crippen LogP contribution in [-0.2, 0) is 14.6 Å². The average molecular weight is 365 g/mol. The molecule has 7 heteroatoms. The maximum atomic E-state index is 12.6. The van der Waals surface area contributed by atoms with E-state index in [1.165, 1.54) is 0 Å². The van der Waals surface area contributed by atoms with Gasteiger partial charge in [-0.1, -0.05) is 12.8 Å². The summed E-state index contributed by atoms with van der Waals surface area (Å²) in [5, 5.41) is 3.06. The van der Waals surface area contributed by atoms with Crippen molar-refractivity contribution in [3.05, 3.63) is 0 Å². The lowest BCUT2D eigenvalue weighted by Crippen LogP contribution is -2.57. The Balaban J connectivity index is 0.00000192. The summed E-state index contributed by atoms with van der Waals surface area (Å²) >= 11 is 0. The molecule has 2 unspecified atom stereocenters. The predicted molar refractivity (Wildman–Crippen MR) is 93.6 cm³/mol. The summed E-state index contributed by atoms with van der Waals surface area (Å²) in [6.07, 6.45) is 7.51. The van der Waals surface area contributed by atoms with E-state index in [0.717, 1.165) is 58.0 Å². The van der Waals surface area contributed by atoms with Crippen LogP contribution in [0, 0.1) is 5.92 Å². The largest absolute Gasteiger partial charge is 0.337 e. The van der Waals surface area contributed by atoms with Crippen molar-refractivity contribution in [2.45, 2.75) is 62.7 Å². The topological polar surface area (TPSA) is 66.5 Å². The summed E-state index contributed by atoms with van der Waals surface area (Å²) in [5.74, 6) is 0.999. The van der Waals surface area contributed by atoms with E-state index >= 15 is 0 Å². The third-order valence-corrected chi connectivity index (χ3v) is 7.92. The fourth-order valence-electron chi connectivity index (χ4n) is 4.35. The quantitative estimate of drug-likeness (QED) is 0.828. The molecule has 2 heterocycles. The zero-order chi connectivity index (χ0) is 15.6. The van der Waals surface area contributed by atoms with Gasteiger partial charge in [0.25, 0.3) is 0 Å². The number of carbonyl (C=O) groups is 1. The maximum absolute atomic E-state index is 12.6. The molecule has 1 N–H and O–H groups in total. The summed E-state index contributed by atoms with van der Waals surface area (Å²) < 4.78 is 24.5. The number of fused-ring (bicyclic) bond motifs is 1. The van der Waals surface area contributed by atoms with E-state index in [-0.39, 0.29) is 35.4 Å². The van der Waals surface area contributed by atoms with Gasteiger partial charge in [0.15, 0.2) is 9.84 Å². The molecule has 0 bridgehead atoms. The molecule has 1 aliphatic carbocycles. The average Bonchev–Trinajstić information content (AvgIpc) is 2.54. The summed E-state index contributed by atoms with van der Waals surface area (Å²) in [4.78, 5) is 14.5. The van der Waals surface area contributed by atoms with Crippen molar-refractivity contribution in [3.8, 4) is 0 Å². The first-order valence-electron chi connectivity index (χ1n) is 8.80. The second kappa shape index (κ2) is 8.17. The van der Waals surface area contributed by atoms with Crippen molar-refractivity contribution in [3.63, 3.8) is 0 Å². The number of rotatable bonds is 3. The van der Waals surface area contributed by atoms with Crippen LogP contribution in [0.25, 0.3) is 0 Å². The molecule has 23 heavy (non-hydrogen) atoms. The Hall–Kier alpha value is -0.330. The number of piperidine rings is 1. The first-order chi connectivity index (χ1) is 10.6. The van der Waals surface area contributed by atoms with Gasteiger partial charge in [0.05, 0.1) is 11.0 Å². The molecule has 5 nitrogen and oxygen atoms in total. The smallest absolute Gasteiger partial charge is 0.222 e. The van der Waals surface area contributed by atoms with Crippen LogP contribution >= 0.6 is 12.4 Å². The lowest BCUT2D eigenvalue weighted by molar-refractivity contribution is -0.134. The van der Waals surface area contributed by atoms with Gasteiger partial charge in [-0.3, -0.25) is 4.79 Å². The number of hydrogen-bond donors (Lipinski definition) is 1. The van der Waals surface area contributed by atoms with Crippen LogP contribution in [0.15, 0.2) is 0 Å². The zero-order valence-corrected chi connectivity index (χ0v) is 15.3. The molecule has 0 aromatic heterocycles. The standard InChI is InChI=1S/C16H28N2O3S.ClH/c19-16(6-5-13-7-9-17-10-8-13)18-11-12-22(20,21)15-4-2-1-3-14(15)18;/h13-15,17H,1-12H2;1H. The van der Waals surface area contributed by atoms with E-state index < -0.39 is 9.84 Å². The van der Waals surface area contributed by atoms with Crippen LogP contribution in [0.2, 0.25) is 0 Å². The highest BCUT2D eigenvalue weighted by molar-refractivity contribution is 7.92. The molecule has 2 aliphatic heterocycles. The molecule has 134 valence electrons. The van der Waals surface area contributed by atoms with Crippen molar-refractivity contribution in [1.29, 1.82) is 0 Å². The van der Waals surface area contributed by atoms with Gasteiger partial charge in [-0.2, -0.15) is 0 Å². The predicted octanol–water partition coefficient (Wildman–Crippen LogP) is 1.76. The van der Waals surface area contributed by atoms with Crippen LogP contribution in [-0.4, -0.2) is 55.9 Å². The van der Waals surface area contributed by atoms with E-state index in [1.807, 2.05) is 4.90 Å². The molecular weight excluding hydrogens is 336 g/mol. The minimum atomic E-state index is -2.99. The summed E-state index contributed by atoms with van der Waals surface area (Å²) in [6.45, 7) is 2.53. The van der Waals surface area contributed by atoms with E-state index in [1.54, 1.807) is 0 Å². The van der Waals surface area contributed by atoms with Crippen molar-refractivity contribution in [1.82, 2.24) is 10.2 Å². The number of sulfone groups is 1. The molecule has 2 saturated heterocycles. The van der Waals surface area contributed by atoms with Gasteiger partial charge in [-0.05, 0) is 51.1 Å². The Morgan fingerprint density at radius 3 is 2.52 bits per heavy atom. The van der Waals surface area contributed by atoms with E-state index in [9.17, 15) is 13.2 Å². The second-order valence-electron chi connectivity index (χ2n) is 7.08. The lowest BCUT2D eigenvalue weighted by Gasteiger charge is -2.43. The van der Waals surface area contributed by atoms with Crippen LogP contribution in [0.3, 0.4) is 0 Å². The monoisotopic (exact) mass is 364 g/mol. The van der Waals surface area contributed by atoms with Gasteiger partial charge in [-0.15, -0.1) is 12.4 Å². The van der Waals surface area contributed by atoms with E-state index in [0.29, 0.717) is 18.9 Å². The van der Waals surface area contributed by atoms with Gasteiger partial charge < -0.3 is 10.2 Å². The highest BCUT2D eigenvalue weighted by atomic mass is 35.5. The number of hydrogen-bond acceptors (Lipinski definition) is 4. The highest BCUT2D eigenvalue weighted by Gasteiger charge is 2.44. The Morgan fingerprint density at radius 1 is 1.09 bits per heavy atom. The maximum Gasteiger partial charge on any atom is 0.222 e. The van der Waals surface area contributed by atoms with Crippen LogP contribution in [0.5, 0.6) is 0 Å². The first-order valence-corrected chi connectivity index (χ1v) is 10.5. The van der Waals surface area contributed by atoms with E-state index in [2.05, 4.69) is 5.32 Å². The number of halogens is 1. The normalized spacial score (nSPS) is 31.0. The summed E-state index contributed by atoms with van der Waals surface area (Å²) in [6, 6.07) is -0.0481. The zero-order valence-electron chi connectivity index (χ0n) is 13.7. The van der Waals surface area contributed by atoms with Crippen LogP contribution in [0.1, 0.15) is 51.4 Å². The summed E-state index contributed by atoms with van der Waals surface area (Å²) in [5.41, 5.74) is 0. The molecule has 1 saturated carbocycles. The molecule has 0 radical (unpaired) electrons. The van der Waals surface area contributed by atoms with Gasteiger partial charge in [0.2, 0.25) is 5.91 Å². The number of nitrogens with zero attached hydrogens (tertiary/aromatic N) is 1. The van der Waals surface area contributed by atoms with Gasteiger partial charge in [0.1, 0.15) is 0 Å². The SMILES string of the molecule is Cl.O=C(CCC1CCNCC1)N1CCS(=O)(=O)C2CCCCC21. The Labute approximate surface area is 145 Å². The minimum Gasteiger partial charge on any atom is -0.337 e. The molecule has 0 aromatic rings. The second-order valence-corrected chi connectivity index (χ2v) is 9.42. The van der Waals surface area contributed by atoms with Crippen molar-refractivity contribution >= 4 is 28.2 Å². The van der Waals surface area contributed by atoms with Crippen LogP contribution in [0.4, 0.5) is 0 Å². The van der Waals surface area contributed by atoms with Gasteiger partial charge in [-0.25, -0.2) is 8.42 Å². The molecule has 2 atom stereocenters. The molecule has 0 aromatic carbocycles. The Morgan fingerprint density at radius 2 is 1.78 bits per heavy atom. The van der Waals surface area contributed by atoms with Crippen LogP contribution < -0.4 is 5.32 Å². The fraction of sp³-hybridized carbons (Fsp3) is 0.938. The summed E-state index contributed by atoms with van der Waals surface area (Å²) in [7, 11) is -2.99. The Kier molecular flexibility index (Phi) is 6.75. The van der Waals surface area contributed by atoms with Gasteiger partial charge >= 0.3 is 0 Å². The molecule has 3 aliphatic rings. The first kappa shape index (κ1) is 19.0. The van der Waals surface area contributed by atoms with Crippen molar-refractivity contribution < 1.29 is 13.2 Å². The Bertz CT molecular complexity index is 505. The number of nitrogens with one attached hydrogen (secondary N) is 1. The lowest BCUT2D eigenvalue weighted by atomic mass is 9.91. The molecular formula is C16H29ClN2O3S. The molecule has 3 rings (SSSR count). The fourth-order valence-corrected chi connectivity index (χ4v) is 6.39. The minimum absolute atomic E-state index is 0. The van der Waals surface area contributed by atoms with E-state index in [4.69, 9.17) is 0 Å². The third kappa shape index (κ3) is 4.40. The van der Waals surface area contributed by atoms with Gasteiger partial charge in [0, 0.05) is 19.0 Å². The van der Waals surface area contributed by atoms with Crippen molar-refractivity contribution in [2.75, 3.05) is 25.4 Å². The molecule has 3 fully saturated rings. The molecule has 0 spiro atoms. The molecule has 1 amide bonds. The highest BCUT2D eigenvalue weighted by Crippen LogP contribution is 2.32. The number of carbonyl (C=O) groups excluding carboxylic acids is 1.